The molecular formula is C42H77O10P. The number of aliphatic hydroxyl groups is 2. The maximum Gasteiger partial charge on any atom is 0.472 e. The van der Waals surface area contributed by atoms with E-state index in [0.717, 1.165) is 77.0 Å². The topological polar surface area (TPSA) is 149 Å². The molecule has 0 aliphatic heterocycles. The van der Waals surface area contributed by atoms with Crippen molar-refractivity contribution >= 4 is 19.8 Å². The van der Waals surface area contributed by atoms with E-state index in [1.54, 1.807) is 0 Å². The van der Waals surface area contributed by atoms with Gasteiger partial charge in [0.05, 0.1) is 19.8 Å². The summed E-state index contributed by atoms with van der Waals surface area (Å²) in [5.74, 6) is -0.950. The molecule has 310 valence electrons. The molecule has 0 aromatic carbocycles. The van der Waals surface area contributed by atoms with E-state index in [0.29, 0.717) is 12.8 Å². The molecule has 0 saturated carbocycles. The first-order chi connectivity index (χ1) is 25.7. The molecule has 3 atom stereocenters. The lowest BCUT2D eigenvalue weighted by Crippen LogP contribution is -2.29. The first-order valence-electron chi connectivity index (χ1n) is 20.9. The van der Waals surface area contributed by atoms with Crippen molar-refractivity contribution in [1.82, 2.24) is 0 Å². The molecule has 0 aliphatic rings. The lowest BCUT2D eigenvalue weighted by Gasteiger charge is -2.20. The van der Waals surface area contributed by atoms with Gasteiger partial charge in [0, 0.05) is 12.8 Å². The average Bonchev–Trinajstić information content (AvgIpc) is 3.14. The first-order valence-corrected chi connectivity index (χ1v) is 22.4. The van der Waals surface area contributed by atoms with Crippen molar-refractivity contribution in [3.8, 4) is 0 Å². The van der Waals surface area contributed by atoms with Crippen LogP contribution in [0.2, 0.25) is 0 Å². The number of aliphatic hydroxyl groups excluding tert-OH is 2. The summed E-state index contributed by atoms with van der Waals surface area (Å²) in [5.41, 5.74) is 0. The van der Waals surface area contributed by atoms with Crippen molar-refractivity contribution in [1.29, 1.82) is 0 Å². The van der Waals surface area contributed by atoms with Crippen molar-refractivity contribution in [2.24, 2.45) is 0 Å². The van der Waals surface area contributed by atoms with Crippen LogP contribution in [0.1, 0.15) is 181 Å². The van der Waals surface area contributed by atoms with E-state index in [1.165, 1.54) is 64.2 Å². The number of carbonyl (C=O) groups excluding carboxylic acids is 2. The Balaban J connectivity index is 4.34. The SMILES string of the molecule is CCCC/C=C\C/C=C\CCCCCCCC(=O)OC(COC(=O)CCCCCCC/C=C\CCCCCCCCC)COP(=O)(O)OCC(O)CO. The van der Waals surface area contributed by atoms with Crippen LogP contribution in [0, 0.1) is 0 Å². The van der Waals surface area contributed by atoms with Crippen LogP contribution in [0.15, 0.2) is 36.5 Å². The van der Waals surface area contributed by atoms with Gasteiger partial charge in [-0.15, -0.1) is 0 Å². The highest BCUT2D eigenvalue weighted by molar-refractivity contribution is 7.47. The zero-order valence-corrected chi connectivity index (χ0v) is 34.4. The molecule has 10 nitrogen and oxygen atoms in total. The highest BCUT2D eigenvalue weighted by Crippen LogP contribution is 2.43. The molecule has 0 saturated heterocycles. The highest BCUT2D eigenvalue weighted by Gasteiger charge is 2.27. The molecule has 0 aliphatic carbocycles. The van der Waals surface area contributed by atoms with Crippen LogP contribution in [0.25, 0.3) is 0 Å². The van der Waals surface area contributed by atoms with Gasteiger partial charge < -0.3 is 24.6 Å². The maximum absolute atomic E-state index is 12.6. The number of phosphoric ester groups is 1. The number of hydrogen-bond donors (Lipinski definition) is 3. The summed E-state index contributed by atoms with van der Waals surface area (Å²) in [4.78, 5) is 34.9. The van der Waals surface area contributed by atoms with Gasteiger partial charge in [-0.05, 0) is 64.2 Å². The maximum atomic E-state index is 12.6. The van der Waals surface area contributed by atoms with Gasteiger partial charge in [-0.25, -0.2) is 4.57 Å². The molecule has 0 bridgehead atoms. The van der Waals surface area contributed by atoms with E-state index in [1.807, 2.05) is 0 Å². The molecule has 53 heavy (non-hydrogen) atoms. The fourth-order valence-corrected chi connectivity index (χ4v) is 6.26. The van der Waals surface area contributed by atoms with Gasteiger partial charge in [-0.3, -0.25) is 18.6 Å². The van der Waals surface area contributed by atoms with Crippen molar-refractivity contribution in [3.63, 3.8) is 0 Å². The summed E-state index contributed by atoms with van der Waals surface area (Å²) < 4.78 is 32.6. The van der Waals surface area contributed by atoms with E-state index < -0.39 is 51.8 Å². The summed E-state index contributed by atoms with van der Waals surface area (Å²) >= 11 is 0. The lowest BCUT2D eigenvalue weighted by molar-refractivity contribution is -0.161. The number of esters is 2. The molecule has 3 N–H and O–H groups in total. The van der Waals surface area contributed by atoms with Crippen LogP contribution in [0.4, 0.5) is 0 Å². The molecule has 0 aromatic rings. The fraction of sp³-hybridized carbons (Fsp3) is 0.810. The number of ether oxygens (including phenoxy) is 2. The van der Waals surface area contributed by atoms with Crippen LogP contribution >= 0.6 is 7.82 Å². The van der Waals surface area contributed by atoms with Gasteiger partial charge in [0.1, 0.15) is 12.7 Å². The van der Waals surface area contributed by atoms with Gasteiger partial charge in [0.25, 0.3) is 0 Å². The zero-order valence-electron chi connectivity index (χ0n) is 33.5. The van der Waals surface area contributed by atoms with Gasteiger partial charge in [0.15, 0.2) is 6.10 Å². The zero-order chi connectivity index (χ0) is 39.1. The Morgan fingerprint density at radius 2 is 1.00 bits per heavy atom. The van der Waals surface area contributed by atoms with Gasteiger partial charge >= 0.3 is 19.8 Å². The predicted molar refractivity (Wildman–Crippen MR) is 214 cm³/mol. The van der Waals surface area contributed by atoms with Gasteiger partial charge in [-0.1, -0.05) is 140 Å². The van der Waals surface area contributed by atoms with Gasteiger partial charge in [0.2, 0.25) is 0 Å². The summed E-state index contributed by atoms with van der Waals surface area (Å²) in [6, 6.07) is 0. The Labute approximate surface area is 322 Å². The van der Waals surface area contributed by atoms with Crippen molar-refractivity contribution < 1.29 is 47.8 Å². The van der Waals surface area contributed by atoms with E-state index in [9.17, 15) is 24.2 Å². The van der Waals surface area contributed by atoms with Crippen molar-refractivity contribution in [2.45, 2.75) is 193 Å². The second-order valence-corrected chi connectivity index (χ2v) is 15.5. The Hall–Kier alpha value is -1.81. The molecule has 3 unspecified atom stereocenters. The average molecular weight is 773 g/mol. The molecular weight excluding hydrogens is 695 g/mol. The predicted octanol–water partition coefficient (Wildman–Crippen LogP) is 10.8. The number of hydrogen-bond acceptors (Lipinski definition) is 9. The normalized spacial score (nSPS) is 14.3. The summed E-state index contributed by atoms with van der Waals surface area (Å²) in [6.45, 7) is 2.31. The number of carbonyl (C=O) groups is 2. The van der Waals surface area contributed by atoms with E-state index >= 15 is 0 Å². The Kier molecular flexibility index (Phi) is 37.2. The standard InChI is InChI=1S/C42H77O10P/c1-3-5-7-9-11-13-15-17-19-20-22-23-25-27-29-31-33-41(45)49-37-40(38-51-53(47,48)50-36-39(44)35-43)52-42(46)34-32-30-28-26-24-21-18-16-14-12-10-8-6-4-2/h10,12,16,18-20,39-40,43-44H,3-9,11,13-15,17,21-38H2,1-2H3,(H,47,48)/b12-10-,18-16-,20-19-. The molecule has 0 aromatic heterocycles. The molecule has 0 rings (SSSR count). The minimum absolute atomic E-state index is 0.166. The van der Waals surface area contributed by atoms with E-state index in [4.69, 9.17) is 19.1 Å². The number of unbranched alkanes of at least 4 members (excludes halogenated alkanes) is 19. The van der Waals surface area contributed by atoms with Crippen molar-refractivity contribution in [2.75, 3.05) is 26.4 Å². The first kappa shape index (κ1) is 51.2. The fourth-order valence-electron chi connectivity index (χ4n) is 5.47. The monoisotopic (exact) mass is 773 g/mol. The molecule has 0 amide bonds. The smallest absolute Gasteiger partial charge is 0.462 e. The largest absolute Gasteiger partial charge is 0.472 e. The van der Waals surface area contributed by atoms with Crippen LogP contribution in [-0.4, -0.2) is 65.7 Å². The number of allylic oxidation sites excluding steroid dienone is 6. The van der Waals surface area contributed by atoms with Crippen LogP contribution in [0.5, 0.6) is 0 Å². The third kappa shape index (κ3) is 38.3. The Morgan fingerprint density at radius 1 is 0.566 bits per heavy atom. The van der Waals surface area contributed by atoms with Crippen LogP contribution in [-0.2, 0) is 32.7 Å². The third-order valence-electron chi connectivity index (χ3n) is 8.77. The summed E-state index contributed by atoms with van der Waals surface area (Å²) in [6.07, 6.45) is 38.2. The molecule has 0 spiro atoms. The molecule has 0 radical (unpaired) electrons. The summed E-state index contributed by atoms with van der Waals surface area (Å²) in [7, 11) is -4.62. The van der Waals surface area contributed by atoms with Crippen LogP contribution < -0.4 is 0 Å². The number of rotatable bonds is 39. The van der Waals surface area contributed by atoms with Crippen LogP contribution in [0.3, 0.4) is 0 Å². The Bertz CT molecular complexity index is 983. The second-order valence-electron chi connectivity index (χ2n) is 14.0. The molecule has 0 fully saturated rings. The summed E-state index contributed by atoms with van der Waals surface area (Å²) in [5, 5.41) is 18.3. The highest BCUT2D eigenvalue weighted by atomic mass is 31.2. The van der Waals surface area contributed by atoms with Gasteiger partial charge in [-0.2, -0.15) is 0 Å². The molecule has 0 heterocycles. The minimum atomic E-state index is -4.62. The van der Waals surface area contributed by atoms with Crippen molar-refractivity contribution in [3.05, 3.63) is 36.5 Å². The Morgan fingerprint density at radius 3 is 1.53 bits per heavy atom. The second kappa shape index (κ2) is 38.5. The minimum Gasteiger partial charge on any atom is -0.462 e. The number of phosphoric acid groups is 1. The van der Waals surface area contributed by atoms with E-state index in [-0.39, 0.29) is 19.4 Å². The lowest BCUT2D eigenvalue weighted by atomic mass is 10.1. The third-order valence-corrected chi connectivity index (χ3v) is 9.72. The quantitative estimate of drug-likeness (QED) is 0.0238. The molecule has 11 heteroatoms. The van der Waals surface area contributed by atoms with E-state index in [2.05, 4.69) is 54.8 Å².